The van der Waals surface area contributed by atoms with E-state index in [1.54, 1.807) is 7.11 Å². The average Bonchev–Trinajstić information content (AvgIpc) is 3.02. The molecule has 0 atom stereocenters. The second kappa shape index (κ2) is 6.90. The molecule has 0 bridgehead atoms. The van der Waals surface area contributed by atoms with Crippen LogP contribution in [0.5, 0.6) is 0 Å². The predicted molar refractivity (Wildman–Crippen MR) is 81.1 cm³/mol. The summed E-state index contributed by atoms with van der Waals surface area (Å²) in [4.78, 5) is 0. The van der Waals surface area contributed by atoms with Gasteiger partial charge in [-0.1, -0.05) is 26.7 Å². The van der Waals surface area contributed by atoms with E-state index in [1.807, 2.05) is 0 Å². The van der Waals surface area contributed by atoms with E-state index in [9.17, 15) is 0 Å². The van der Waals surface area contributed by atoms with Gasteiger partial charge in [-0.05, 0) is 25.2 Å². The fraction of sp³-hybridized carbons (Fsp3) is 0.867. The fourth-order valence-electron chi connectivity index (χ4n) is 3.60. The number of methoxy groups -OCH3 is 1. The summed E-state index contributed by atoms with van der Waals surface area (Å²) in [5, 5.41) is 8.83. The van der Waals surface area contributed by atoms with Crippen LogP contribution in [0, 0.1) is 5.92 Å². The number of hydrogen-bond acceptors (Lipinski definition) is 3. The van der Waals surface area contributed by atoms with Gasteiger partial charge in [-0.25, -0.2) is 0 Å². The van der Waals surface area contributed by atoms with Gasteiger partial charge in [-0.2, -0.15) is 0 Å². The number of alkyl halides is 1. The minimum Gasteiger partial charge on any atom is -0.383 e. The summed E-state index contributed by atoms with van der Waals surface area (Å²) in [6.45, 7) is 6.05. The molecular weight excluding hydrogens is 274 g/mol. The van der Waals surface area contributed by atoms with Crippen LogP contribution in [0.2, 0.25) is 0 Å². The van der Waals surface area contributed by atoms with Crippen LogP contribution in [0.1, 0.15) is 57.6 Å². The fourth-order valence-corrected chi connectivity index (χ4v) is 3.79. The third-order valence-corrected chi connectivity index (χ3v) is 4.54. The van der Waals surface area contributed by atoms with Gasteiger partial charge in [0.2, 0.25) is 0 Å². The standard InChI is InChI=1S/C15H26ClN3O/c1-12(2)10-15(6-4-5-7-15)14-18-17-13(11-16)19(14)8-9-20-3/h12H,4-11H2,1-3H3. The molecule has 1 saturated carbocycles. The van der Waals surface area contributed by atoms with E-state index in [-0.39, 0.29) is 5.41 Å². The van der Waals surface area contributed by atoms with Gasteiger partial charge in [0, 0.05) is 19.1 Å². The Labute approximate surface area is 126 Å². The molecule has 0 saturated heterocycles. The number of ether oxygens (including phenoxy) is 1. The van der Waals surface area contributed by atoms with Crippen molar-refractivity contribution in [3.05, 3.63) is 11.6 Å². The Morgan fingerprint density at radius 1 is 1.30 bits per heavy atom. The van der Waals surface area contributed by atoms with E-state index >= 15 is 0 Å². The molecule has 0 N–H and O–H groups in total. The number of rotatable bonds is 7. The van der Waals surface area contributed by atoms with Gasteiger partial charge in [0.25, 0.3) is 0 Å². The second-order valence-electron chi connectivity index (χ2n) is 6.30. The van der Waals surface area contributed by atoms with E-state index < -0.39 is 0 Å². The van der Waals surface area contributed by atoms with Crippen LogP contribution in [0.3, 0.4) is 0 Å². The molecule has 2 rings (SSSR count). The highest BCUT2D eigenvalue weighted by atomic mass is 35.5. The molecule has 1 aromatic heterocycles. The topological polar surface area (TPSA) is 39.9 Å². The first-order chi connectivity index (χ1) is 9.63. The normalized spacial score (nSPS) is 18.1. The van der Waals surface area contributed by atoms with Gasteiger partial charge in [0.05, 0.1) is 12.5 Å². The van der Waals surface area contributed by atoms with E-state index in [1.165, 1.54) is 32.1 Å². The molecule has 1 fully saturated rings. The Morgan fingerprint density at radius 2 is 2.00 bits per heavy atom. The molecule has 5 heteroatoms. The Bertz CT molecular complexity index is 425. The molecule has 20 heavy (non-hydrogen) atoms. The number of halogens is 1. The summed E-state index contributed by atoms with van der Waals surface area (Å²) in [6, 6.07) is 0. The quantitative estimate of drug-likeness (QED) is 0.723. The van der Waals surface area contributed by atoms with E-state index in [0.29, 0.717) is 18.4 Å². The minimum atomic E-state index is 0.194. The maximum atomic E-state index is 6.02. The first-order valence-corrected chi connectivity index (χ1v) is 8.14. The van der Waals surface area contributed by atoms with Gasteiger partial charge in [-0.3, -0.25) is 0 Å². The Morgan fingerprint density at radius 3 is 2.55 bits per heavy atom. The Kier molecular flexibility index (Phi) is 5.44. The highest BCUT2D eigenvalue weighted by Crippen LogP contribution is 2.45. The lowest BCUT2D eigenvalue weighted by Gasteiger charge is -2.30. The first-order valence-electron chi connectivity index (χ1n) is 7.60. The summed E-state index contributed by atoms with van der Waals surface area (Å²) >= 11 is 6.02. The van der Waals surface area contributed by atoms with Crippen molar-refractivity contribution in [2.45, 2.75) is 63.8 Å². The molecule has 0 amide bonds. The van der Waals surface area contributed by atoms with Crippen LogP contribution in [0.25, 0.3) is 0 Å². The first kappa shape index (κ1) is 15.8. The minimum absolute atomic E-state index is 0.194. The van der Waals surface area contributed by atoms with Crippen LogP contribution in [-0.4, -0.2) is 28.5 Å². The lowest BCUT2D eigenvalue weighted by atomic mass is 9.77. The SMILES string of the molecule is COCCn1c(CCl)nnc1C1(CC(C)C)CCCC1. The molecule has 1 aromatic rings. The van der Waals surface area contributed by atoms with Crippen molar-refractivity contribution in [1.82, 2.24) is 14.8 Å². The molecule has 1 aliphatic carbocycles. The van der Waals surface area contributed by atoms with Crippen LogP contribution in [0.4, 0.5) is 0 Å². The van der Waals surface area contributed by atoms with Crippen LogP contribution < -0.4 is 0 Å². The van der Waals surface area contributed by atoms with Gasteiger partial charge in [0.1, 0.15) is 11.6 Å². The summed E-state index contributed by atoms with van der Waals surface area (Å²) in [5.74, 6) is 3.08. The summed E-state index contributed by atoms with van der Waals surface area (Å²) in [5.41, 5.74) is 0.194. The molecule has 0 aromatic carbocycles. The van der Waals surface area contributed by atoms with Gasteiger partial charge in [0.15, 0.2) is 0 Å². The zero-order valence-electron chi connectivity index (χ0n) is 12.9. The van der Waals surface area contributed by atoms with Crippen LogP contribution in [-0.2, 0) is 22.6 Å². The lowest BCUT2D eigenvalue weighted by molar-refractivity contribution is 0.182. The number of nitrogens with zero attached hydrogens (tertiary/aromatic N) is 3. The predicted octanol–water partition coefficient (Wildman–Crippen LogP) is 3.52. The molecule has 1 heterocycles. The number of hydrogen-bond donors (Lipinski definition) is 0. The van der Waals surface area contributed by atoms with Crippen LogP contribution in [0.15, 0.2) is 0 Å². The molecule has 4 nitrogen and oxygen atoms in total. The highest BCUT2D eigenvalue weighted by Gasteiger charge is 2.40. The largest absolute Gasteiger partial charge is 0.383 e. The summed E-state index contributed by atoms with van der Waals surface area (Å²) in [7, 11) is 1.73. The van der Waals surface area contributed by atoms with Gasteiger partial charge < -0.3 is 9.30 Å². The summed E-state index contributed by atoms with van der Waals surface area (Å²) in [6.07, 6.45) is 6.21. The zero-order chi connectivity index (χ0) is 14.6. The molecule has 114 valence electrons. The van der Waals surface area contributed by atoms with Crippen molar-refractivity contribution < 1.29 is 4.74 Å². The Balaban J connectivity index is 2.35. The van der Waals surface area contributed by atoms with E-state index in [0.717, 1.165) is 18.2 Å². The smallest absolute Gasteiger partial charge is 0.148 e. The van der Waals surface area contributed by atoms with Crippen molar-refractivity contribution in [3.8, 4) is 0 Å². The molecular formula is C15H26ClN3O. The molecule has 0 aliphatic heterocycles. The Hall–Kier alpha value is -0.610. The molecule has 0 radical (unpaired) electrons. The third-order valence-electron chi connectivity index (χ3n) is 4.30. The maximum absolute atomic E-state index is 6.02. The zero-order valence-corrected chi connectivity index (χ0v) is 13.6. The summed E-state index contributed by atoms with van der Waals surface area (Å²) < 4.78 is 7.43. The van der Waals surface area contributed by atoms with E-state index in [4.69, 9.17) is 16.3 Å². The van der Waals surface area contributed by atoms with Crippen molar-refractivity contribution in [2.24, 2.45) is 5.92 Å². The van der Waals surface area contributed by atoms with Gasteiger partial charge >= 0.3 is 0 Å². The van der Waals surface area contributed by atoms with Crippen molar-refractivity contribution >= 4 is 11.6 Å². The average molecular weight is 300 g/mol. The highest BCUT2D eigenvalue weighted by molar-refractivity contribution is 6.16. The van der Waals surface area contributed by atoms with Gasteiger partial charge in [-0.15, -0.1) is 21.8 Å². The monoisotopic (exact) mass is 299 g/mol. The molecule has 0 spiro atoms. The van der Waals surface area contributed by atoms with Crippen molar-refractivity contribution in [2.75, 3.05) is 13.7 Å². The van der Waals surface area contributed by atoms with Crippen molar-refractivity contribution in [1.29, 1.82) is 0 Å². The maximum Gasteiger partial charge on any atom is 0.148 e. The van der Waals surface area contributed by atoms with Crippen molar-refractivity contribution in [3.63, 3.8) is 0 Å². The molecule has 1 aliphatic rings. The van der Waals surface area contributed by atoms with Crippen LogP contribution >= 0.6 is 11.6 Å². The third kappa shape index (κ3) is 3.17. The second-order valence-corrected chi connectivity index (χ2v) is 6.57. The lowest BCUT2D eigenvalue weighted by Crippen LogP contribution is -2.30. The van der Waals surface area contributed by atoms with E-state index in [2.05, 4.69) is 28.6 Å². The number of aromatic nitrogens is 3. The molecule has 0 unspecified atom stereocenters.